The van der Waals surface area contributed by atoms with E-state index in [4.69, 9.17) is 4.74 Å². The number of likely N-dealkylation sites (N-methyl/N-ethyl adjacent to an activating group) is 1. The van der Waals surface area contributed by atoms with Crippen molar-refractivity contribution in [3.8, 4) is 0 Å². The van der Waals surface area contributed by atoms with Crippen molar-refractivity contribution in [3.05, 3.63) is 0 Å². The van der Waals surface area contributed by atoms with Crippen LogP contribution in [0, 0.1) is 0 Å². The van der Waals surface area contributed by atoms with Crippen LogP contribution in [0.15, 0.2) is 0 Å². The van der Waals surface area contributed by atoms with Crippen LogP contribution in [0.5, 0.6) is 0 Å². The predicted molar refractivity (Wildman–Crippen MR) is 84.9 cm³/mol. The molecule has 4 atom stereocenters. The Morgan fingerprint density at radius 2 is 2.05 bits per heavy atom. The number of rotatable bonds is 5. The van der Waals surface area contributed by atoms with Crippen LogP contribution in [0.25, 0.3) is 0 Å². The normalized spacial score (nSPS) is 30.9. The summed E-state index contributed by atoms with van der Waals surface area (Å²) in [5.41, 5.74) is 0. The summed E-state index contributed by atoms with van der Waals surface area (Å²) in [5, 5.41) is 3.21. The minimum absolute atomic E-state index is 0.0546. The number of carbonyl (C=O) groups is 1. The van der Waals surface area contributed by atoms with E-state index in [0.717, 1.165) is 45.1 Å². The summed E-state index contributed by atoms with van der Waals surface area (Å²) in [4.78, 5) is 14.0. The maximum atomic E-state index is 12.3. The number of hydrogen-bond donors (Lipinski definition) is 1. The number of nitrogens with zero attached hydrogens (tertiary/aromatic N) is 1. The van der Waals surface area contributed by atoms with Gasteiger partial charge in [-0.05, 0) is 25.7 Å². The van der Waals surface area contributed by atoms with E-state index in [1.165, 1.54) is 0 Å². The molecule has 0 unspecified atom stereocenters. The molecule has 1 saturated carbocycles. The Balaban J connectivity index is 1.85. The molecule has 21 heavy (non-hydrogen) atoms. The average Bonchev–Trinajstić information content (AvgIpc) is 2.99. The summed E-state index contributed by atoms with van der Waals surface area (Å²) in [6.45, 7) is 3.40. The fourth-order valence-electron chi connectivity index (χ4n) is 3.24. The third kappa shape index (κ3) is 4.68. The zero-order valence-corrected chi connectivity index (χ0v) is 14.0. The molecule has 1 saturated heterocycles. The molecular formula is C15H28N2O3S. The fraction of sp³-hybridized carbons (Fsp3) is 0.933. The number of amides is 2. The summed E-state index contributed by atoms with van der Waals surface area (Å²) in [6.07, 6.45) is 6.42. The van der Waals surface area contributed by atoms with E-state index >= 15 is 0 Å². The maximum Gasteiger partial charge on any atom is 0.317 e. The monoisotopic (exact) mass is 316 g/mol. The van der Waals surface area contributed by atoms with Gasteiger partial charge in [-0.25, -0.2) is 4.79 Å². The van der Waals surface area contributed by atoms with Crippen molar-refractivity contribution in [2.75, 3.05) is 26.0 Å². The minimum Gasteiger partial charge on any atom is -0.376 e. The number of ether oxygens (including phenoxy) is 1. The first kappa shape index (κ1) is 16.7. The molecule has 122 valence electrons. The molecule has 0 spiro atoms. The zero-order chi connectivity index (χ0) is 15.2. The topological polar surface area (TPSA) is 58.6 Å². The molecule has 2 fully saturated rings. The van der Waals surface area contributed by atoms with Crippen LogP contribution in [0.3, 0.4) is 0 Å². The molecule has 0 aromatic rings. The highest BCUT2D eigenvalue weighted by molar-refractivity contribution is 7.85. The van der Waals surface area contributed by atoms with E-state index in [2.05, 4.69) is 5.32 Å². The van der Waals surface area contributed by atoms with Crippen LogP contribution in [-0.2, 0) is 15.5 Å². The van der Waals surface area contributed by atoms with Gasteiger partial charge in [0.25, 0.3) is 0 Å². The van der Waals surface area contributed by atoms with Crippen molar-refractivity contribution in [2.24, 2.45) is 0 Å². The Kier molecular flexibility index (Phi) is 6.48. The first-order valence-electron chi connectivity index (χ1n) is 8.12. The van der Waals surface area contributed by atoms with Crippen molar-refractivity contribution >= 4 is 16.8 Å². The first-order chi connectivity index (χ1) is 10.1. The zero-order valence-electron chi connectivity index (χ0n) is 13.2. The van der Waals surface area contributed by atoms with Gasteiger partial charge in [0.15, 0.2) is 0 Å². The summed E-state index contributed by atoms with van der Waals surface area (Å²) >= 11 is 0. The molecule has 0 aromatic heterocycles. The van der Waals surface area contributed by atoms with Crippen molar-refractivity contribution in [1.29, 1.82) is 0 Å². The quantitative estimate of drug-likeness (QED) is 0.842. The van der Waals surface area contributed by atoms with Gasteiger partial charge in [-0.15, -0.1) is 0 Å². The molecule has 1 heterocycles. The van der Waals surface area contributed by atoms with Gasteiger partial charge in [-0.1, -0.05) is 19.8 Å². The van der Waals surface area contributed by atoms with E-state index in [-0.39, 0.29) is 23.4 Å². The molecule has 1 N–H and O–H groups in total. The Morgan fingerprint density at radius 3 is 2.71 bits per heavy atom. The lowest BCUT2D eigenvalue weighted by Gasteiger charge is -2.33. The second-order valence-corrected chi connectivity index (χ2v) is 8.01. The number of urea groups is 1. The smallest absolute Gasteiger partial charge is 0.317 e. The first-order valence-corrected chi connectivity index (χ1v) is 9.50. The molecule has 0 radical (unpaired) electrons. The van der Waals surface area contributed by atoms with Gasteiger partial charge >= 0.3 is 6.03 Å². The van der Waals surface area contributed by atoms with Gasteiger partial charge in [0.05, 0.1) is 11.4 Å². The average molecular weight is 316 g/mol. The SMILES string of the molecule is CC[S@](=O)[C@@H]1CCCC[C@@H]1NC(=O)N(C)C[C@H]1CCCO1. The van der Waals surface area contributed by atoms with Crippen molar-refractivity contribution in [2.45, 2.75) is 62.8 Å². The van der Waals surface area contributed by atoms with E-state index in [1.54, 1.807) is 4.90 Å². The van der Waals surface area contributed by atoms with Crippen molar-refractivity contribution in [1.82, 2.24) is 10.2 Å². The Labute approximate surface area is 130 Å². The van der Waals surface area contributed by atoms with Gasteiger partial charge in [0, 0.05) is 42.8 Å². The molecule has 6 heteroatoms. The molecule has 2 amide bonds. The molecule has 0 aromatic carbocycles. The van der Waals surface area contributed by atoms with Gasteiger partial charge < -0.3 is 15.0 Å². The molecular weight excluding hydrogens is 288 g/mol. The molecule has 1 aliphatic heterocycles. The standard InChI is InChI=1S/C15H28N2O3S/c1-3-21(19)14-9-5-4-8-13(14)16-15(18)17(2)11-12-7-6-10-20-12/h12-14H,3-11H2,1-2H3,(H,16,18)/t12-,13+,14-,21+/m1/s1. The summed E-state index contributed by atoms with van der Waals surface area (Å²) < 4.78 is 17.7. The minimum atomic E-state index is -0.835. The van der Waals surface area contributed by atoms with Gasteiger partial charge in [-0.3, -0.25) is 4.21 Å². The Hall–Kier alpha value is -0.620. The highest BCUT2D eigenvalue weighted by Crippen LogP contribution is 2.23. The molecule has 0 bridgehead atoms. The highest BCUT2D eigenvalue weighted by atomic mass is 32.2. The van der Waals surface area contributed by atoms with E-state index in [9.17, 15) is 9.00 Å². The summed E-state index contributed by atoms with van der Waals surface area (Å²) in [6, 6.07) is -0.00511. The fourth-order valence-corrected chi connectivity index (χ4v) is 4.66. The lowest BCUT2D eigenvalue weighted by Crippen LogP contribution is -2.51. The van der Waals surface area contributed by atoms with Crippen LogP contribution < -0.4 is 5.32 Å². The van der Waals surface area contributed by atoms with Gasteiger partial charge in [0.2, 0.25) is 0 Å². The third-order valence-corrected chi connectivity index (χ3v) is 6.29. The Morgan fingerprint density at radius 1 is 1.29 bits per heavy atom. The van der Waals surface area contributed by atoms with Crippen LogP contribution in [0.4, 0.5) is 4.79 Å². The number of nitrogens with one attached hydrogen (secondary N) is 1. The third-order valence-electron chi connectivity index (χ3n) is 4.48. The van der Waals surface area contributed by atoms with Crippen LogP contribution >= 0.6 is 0 Å². The van der Waals surface area contributed by atoms with E-state index in [0.29, 0.717) is 12.3 Å². The molecule has 1 aliphatic carbocycles. The van der Waals surface area contributed by atoms with Crippen molar-refractivity contribution in [3.63, 3.8) is 0 Å². The van der Waals surface area contributed by atoms with Crippen LogP contribution in [-0.4, -0.2) is 58.5 Å². The van der Waals surface area contributed by atoms with E-state index in [1.807, 2.05) is 14.0 Å². The lowest BCUT2D eigenvalue weighted by atomic mass is 9.95. The molecule has 2 rings (SSSR count). The van der Waals surface area contributed by atoms with Gasteiger partial charge in [-0.2, -0.15) is 0 Å². The Bertz CT molecular complexity index is 372. The highest BCUT2D eigenvalue weighted by Gasteiger charge is 2.31. The maximum absolute atomic E-state index is 12.3. The number of hydrogen-bond acceptors (Lipinski definition) is 3. The summed E-state index contributed by atoms with van der Waals surface area (Å²) in [7, 11) is 0.976. The lowest BCUT2D eigenvalue weighted by molar-refractivity contribution is 0.0867. The number of carbonyl (C=O) groups excluding carboxylic acids is 1. The molecule has 5 nitrogen and oxygen atoms in total. The largest absolute Gasteiger partial charge is 0.376 e. The predicted octanol–water partition coefficient (Wildman–Crippen LogP) is 1.89. The van der Waals surface area contributed by atoms with Gasteiger partial charge in [0.1, 0.15) is 0 Å². The van der Waals surface area contributed by atoms with Crippen molar-refractivity contribution < 1.29 is 13.7 Å². The molecule has 2 aliphatic rings. The van der Waals surface area contributed by atoms with E-state index < -0.39 is 10.8 Å². The van der Waals surface area contributed by atoms with Crippen LogP contribution in [0.2, 0.25) is 0 Å². The summed E-state index contributed by atoms with van der Waals surface area (Å²) in [5.74, 6) is 0.669. The second kappa shape index (κ2) is 8.13. The second-order valence-electron chi connectivity index (χ2n) is 6.06. The van der Waals surface area contributed by atoms with Crippen LogP contribution in [0.1, 0.15) is 45.4 Å².